The fourth-order valence-corrected chi connectivity index (χ4v) is 3.22. The second-order valence-electron chi connectivity index (χ2n) is 6.23. The van der Waals surface area contributed by atoms with Gasteiger partial charge in [-0.1, -0.05) is 35.5 Å². The number of hydrogen-bond donors (Lipinski definition) is 1. The van der Waals surface area contributed by atoms with Gasteiger partial charge in [0, 0.05) is 19.1 Å². The molecule has 1 aliphatic rings. The molecule has 1 amide bonds. The maximum atomic E-state index is 12.5. The highest BCUT2D eigenvalue weighted by Gasteiger charge is 2.24. The number of rotatable bonds is 4. The maximum absolute atomic E-state index is 12.5. The van der Waals surface area contributed by atoms with Gasteiger partial charge in [-0.2, -0.15) is 0 Å². The predicted molar refractivity (Wildman–Crippen MR) is 88.2 cm³/mol. The van der Waals surface area contributed by atoms with E-state index in [0.29, 0.717) is 17.0 Å². The Balaban J connectivity index is 1.59. The van der Waals surface area contributed by atoms with Gasteiger partial charge in [0.25, 0.3) is 5.91 Å². The molecule has 2 aromatic rings. The second kappa shape index (κ2) is 6.96. The van der Waals surface area contributed by atoms with Crippen molar-refractivity contribution in [2.24, 2.45) is 0 Å². The Morgan fingerprint density at radius 2 is 2.13 bits per heavy atom. The summed E-state index contributed by atoms with van der Waals surface area (Å²) in [6, 6.07) is 10.6. The van der Waals surface area contributed by atoms with Crippen molar-refractivity contribution in [1.29, 1.82) is 0 Å². The van der Waals surface area contributed by atoms with Crippen molar-refractivity contribution < 1.29 is 9.32 Å². The van der Waals surface area contributed by atoms with Crippen LogP contribution in [0.1, 0.15) is 40.2 Å². The smallest absolute Gasteiger partial charge is 0.257 e. The lowest BCUT2D eigenvalue weighted by atomic mass is 10.0. The molecular formula is C18H23N3O2. The SMILES string of the molecule is Cc1noc(C)c1C(=O)N[C@@H]1CCCN(Cc2ccccc2)C1. The number of likely N-dealkylation sites (tertiary alicyclic amines) is 1. The van der Waals surface area contributed by atoms with E-state index in [2.05, 4.69) is 39.6 Å². The van der Waals surface area contributed by atoms with Crippen LogP contribution in [-0.2, 0) is 6.54 Å². The Bertz CT molecular complexity index is 647. The Hall–Kier alpha value is -2.14. The Kier molecular flexibility index (Phi) is 4.76. The summed E-state index contributed by atoms with van der Waals surface area (Å²) in [5, 5.41) is 6.99. The summed E-state index contributed by atoms with van der Waals surface area (Å²) in [5.74, 6) is 0.504. The molecule has 23 heavy (non-hydrogen) atoms. The number of piperidine rings is 1. The number of nitrogens with one attached hydrogen (secondary N) is 1. The molecule has 3 rings (SSSR count). The zero-order valence-corrected chi connectivity index (χ0v) is 13.7. The highest BCUT2D eigenvalue weighted by atomic mass is 16.5. The largest absolute Gasteiger partial charge is 0.361 e. The first-order valence-electron chi connectivity index (χ1n) is 8.13. The number of amides is 1. The zero-order chi connectivity index (χ0) is 16.2. The number of aryl methyl sites for hydroxylation is 2. The van der Waals surface area contributed by atoms with Crippen LogP contribution in [-0.4, -0.2) is 35.1 Å². The number of carbonyl (C=O) groups is 1. The summed E-state index contributed by atoms with van der Waals surface area (Å²) in [5.41, 5.74) is 2.53. The van der Waals surface area contributed by atoms with Crippen LogP contribution in [0.3, 0.4) is 0 Å². The van der Waals surface area contributed by atoms with Gasteiger partial charge in [0.15, 0.2) is 0 Å². The van der Waals surface area contributed by atoms with Crippen molar-refractivity contribution in [3.8, 4) is 0 Å². The summed E-state index contributed by atoms with van der Waals surface area (Å²) in [7, 11) is 0. The lowest BCUT2D eigenvalue weighted by Gasteiger charge is -2.33. The Morgan fingerprint density at radius 1 is 1.35 bits per heavy atom. The van der Waals surface area contributed by atoms with E-state index >= 15 is 0 Å². The van der Waals surface area contributed by atoms with E-state index in [1.165, 1.54) is 5.56 Å². The summed E-state index contributed by atoms with van der Waals surface area (Å²) >= 11 is 0. The predicted octanol–water partition coefficient (Wildman–Crippen LogP) is 2.69. The molecule has 0 radical (unpaired) electrons. The van der Waals surface area contributed by atoms with Crippen molar-refractivity contribution >= 4 is 5.91 Å². The third-order valence-corrected chi connectivity index (χ3v) is 4.35. The van der Waals surface area contributed by atoms with Gasteiger partial charge in [-0.05, 0) is 38.8 Å². The lowest BCUT2D eigenvalue weighted by molar-refractivity contribution is 0.0899. The summed E-state index contributed by atoms with van der Waals surface area (Å²) in [6.45, 7) is 6.46. The average molecular weight is 313 g/mol. The minimum absolute atomic E-state index is 0.0761. The van der Waals surface area contributed by atoms with E-state index in [9.17, 15) is 4.79 Å². The number of nitrogens with zero attached hydrogens (tertiary/aromatic N) is 2. The average Bonchev–Trinajstić information content (AvgIpc) is 2.87. The Labute approximate surface area is 136 Å². The molecule has 0 unspecified atom stereocenters. The molecule has 5 nitrogen and oxygen atoms in total. The molecule has 2 heterocycles. The molecule has 1 aromatic carbocycles. The molecule has 5 heteroatoms. The molecule has 1 atom stereocenters. The van der Waals surface area contributed by atoms with Crippen molar-refractivity contribution in [3.63, 3.8) is 0 Å². The third kappa shape index (κ3) is 3.79. The molecule has 0 saturated carbocycles. The Morgan fingerprint density at radius 3 is 2.83 bits per heavy atom. The van der Waals surface area contributed by atoms with Crippen molar-refractivity contribution in [1.82, 2.24) is 15.4 Å². The van der Waals surface area contributed by atoms with Gasteiger partial charge in [0.1, 0.15) is 11.3 Å². The highest BCUT2D eigenvalue weighted by molar-refractivity contribution is 5.96. The normalized spacial score (nSPS) is 18.8. The summed E-state index contributed by atoms with van der Waals surface area (Å²) in [4.78, 5) is 14.9. The fraction of sp³-hybridized carbons (Fsp3) is 0.444. The fourth-order valence-electron chi connectivity index (χ4n) is 3.22. The van der Waals surface area contributed by atoms with E-state index in [1.54, 1.807) is 13.8 Å². The molecular weight excluding hydrogens is 290 g/mol. The second-order valence-corrected chi connectivity index (χ2v) is 6.23. The van der Waals surface area contributed by atoms with Gasteiger partial charge < -0.3 is 9.84 Å². The van der Waals surface area contributed by atoms with Crippen LogP contribution >= 0.6 is 0 Å². The lowest BCUT2D eigenvalue weighted by Crippen LogP contribution is -2.47. The van der Waals surface area contributed by atoms with Crippen LogP contribution in [0.15, 0.2) is 34.9 Å². The quantitative estimate of drug-likeness (QED) is 0.943. The van der Waals surface area contributed by atoms with Crippen LogP contribution in [0.5, 0.6) is 0 Å². The van der Waals surface area contributed by atoms with E-state index < -0.39 is 0 Å². The van der Waals surface area contributed by atoms with Crippen LogP contribution in [0.2, 0.25) is 0 Å². The first-order valence-corrected chi connectivity index (χ1v) is 8.13. The van der Waals surface area contributed by atoms with Gasteiger partial charge in [0.05, 0.1) is 5.69 Å². The van der Waals surface area contributed by atoms with Crippen molar-refractivity contribution in [2.75, 3.05) is 13.1 Å². The van der Waals surface area contributed by atoms with Gasteiger partial charge >= 0.3 is 0 Å². The van der Waals surface area contributed by atoms with Crippen LogP contribution in [0.4, 0.5) is 0 Å². The molecule has 1 aromatic heterocycles. The number of benzene rings is 1. The van der Waals surface area contributed by atoms with Gasteiger partial charge in [-0.25, -0.2) is 0 Å². The molecule has 1 aliphatic heterocycles. The van der Waals surface area contributed by atoms with Gasteiger partial charge in [0.2, 0.25) is 0 Å². The highest BCUT2D eigenvalue weighted by Crippen LogP contribution is 2.16. The summed E-state index contributed by atoms with van der Waals surface area (Å²) in [6.07, 6.45) is 2.11. The maximum Gasteiger partial charge on any atom is 0.257 e. The van der Waals surface area contributed by atoms with Crippen molar-refractivity contribution in [3.05, 3.63) is 52.9 Å². The minimum Gasteiger partial charge on any atom is -0.361 e. The molecule has 122 valence electrons. The molecule has 0 aliphatic carbocycles. The van der Waals surface area contributed by atoms with Crippen molar-refractivity contribution in [2.45, 2.75) is 39.3 Å². The van der Waals surface area contributed by atoms with E-state index in [4.69, 9.17) is 4.52 Å². The summed E-state index contributed by atoms with van der Waals surface area (Å²) < 4.78 is 5.08. The molecule has 1 N–H and O–H groups in total. The van der Waals surface area contributed by atoms with Gasteiger partial charge in [-0.3, -0.25) is 9.69 Å². The minimum atomic E-state index is -0.0761. The third-order valence-electron chi connectivity index (χ3n) is 4.35. The van der Waals surface area contributed by atoms with E-state index in [1.807, 2.05) is 6.07 Å². The van der Waals surface area contributed by atoms with Crippen LogP contribution in [0.25, 0.3) is 0 Å². The zero-order valence-electron chi connectivity index (χ0n) is 13.7. The molecule has 1 fully saturated rings. The van der Waals surface area contributed by atoms with Crippen LogP contribution in [0, 0.1) is 13.8 Å². The van der Waals surface area contributed by atoms with E-state index in [0.717, 1.165) is 32.5 Å². The van der Waals surface area contributed by atoms with Crippen LogP contribution < -0.4 is 5.32 Å². The number of hydrogen-bond acceptors (Lipinski definition) is 4. The first kappa shape index (κ1) is 15.7. The number of carbonyl (C=O) groups excluding carboxylic acids is 1. The monoisotopic (exact) mass is 313 g/mol. The molecule has 0 bridgehead atoms. The standard InChI is InChI=1S/C18H23N3O2/c1-13-17(14(2)23-20-13)18(22)19-16-9-6-10-21(12-16)11-15-7-4-3-5-8-15/h3-5,7-8,16H,6,9-12H2,1-2H3,(H,19,22)/t16-/m1/s1. The van der Waals surface area contributed by atoms with Gasteiger partial charge in [-0.15, -0.1) is 0 Å². The molecule has 0 spiro atoms. The van der Waals surface area contributed by atoms with E-state index in [-0.39, 0.29) is 11.9 Å². The number of aromatic nitrogens is 1. The first-order chi connectivity index (χ1) is 11.1. The molecule has 1 saturated heterocycles. The topological polar surface area (TPSA) is 58.4 Å².